The molecule has 2 aromatic rings. The molecule has 0 atom stereocenters. The third-order valence-electron chi connectivity index (χ3n) is 4.63. The molecule has 1 fully saturated rings. The predicted molar refractivity (Wildman–Crippen MR) is 106 cm³/mol. The molecule has 0 saturated carbocycles. The number of methoxy groups -OCH3 is 1. The first-order valence-corrected chi connectivity index (χ1v) is 10.4. The van der Waals surface area contributed by atoms with E-state index in [4.69, 9.17) is 9.47 Å². The number of esters is 1. The van der Waals surface area contributed by atoms with E-state index >= 15 is 0 Å². The predicted octanol–water partition coefficient (Wildman–Crippen LogP) is 2.05. The lowest BCUT2D eigenvalue weighted by Gasteiger charge is -2.26. The summed E-state index contributed by atoms with van der Waals surface area (Å²) in [5.41, 5.74) is 1.87. The summed E-state index contributed by atoms with van der Waals surface area (Å²) in [6.07, 6.45) is 0. The maximum atomic E-state index is 12.7. The fourth-order valence-electron chi connectivity index (χ4n) is 2.91. The van der Waals surface area contributed by atoms with Gasteiger partial charge in [0.25, 0.3) is 5.91 Å². The van der Waals surface area contributed by atoms with Gasteiger partial charge in [-0.15, -0.1) is 0 Å². The monoisotopic (exact) mass is 418 g/mol. The third kappa shape index (κ3) is 4.64. The van der Waals surface area contributed by atoms with E-state index in [1.165, 1.54) is 41.7 Å². The number of anilines is 1. The number of carbonyl (C=O) groups is 2. The Balaban J connectivity index is 1.77. The fraction of sp³-hybridized carbons (Fsp3) is 0.300. The smallest absolute Gasteiger partial charge is 0.337 e. The Morgan fingerprint density at radius 1 is 1.03 bits per heavy atom. The van der Waals surface area contributed by atoms with Gasteiger partial charge in [0.1, 0.15) is 0 Å². The van der Waals surface area contributed by atoms with Crippen LogP contribution in [0, 0.1) is 6.92 Å². The highest BCUT2D eigenvalue weighted by Gasteiger charge is 2.26. The van der Waals surface area contributed by atoms with Gasteiger partial charge >= 0.3 is 5.97 Å². The van der Waals surface area contributed by atoms with E-state index in [1.807, 2.05) is 0 Å². The van der Waals surface area contributed by atoms with Gasteiger partial charge < -0.3 is 14.8 Å². The van der Waals surface area contributed by atoms with Crippen molar-refractivity contribution in [2.24, 2.45) is 0 Å². The molecule has 0 aliphatic carbocycles. The van der Waals surface area contributed by atoms with E-state index in [0.717, 1.165) is 5.56 Å². The van der Waals surface area contributed by atoms with Gasteiger partial charge in [-0.25, -0.2) is 13.2 Å². The van der Waals surface area contributed by atoms with Crippen LogP contribution in [0.5, 0.6) is 0 Å². The first-order chi connectivity index (χ1) is 13.8. The summed E-state index contributed by atoms with van der Waals surface area (Å²) in [6.45, 7) is 3.14. The number of amides is 1. The second-order valence-corrected chi connectivity index (χ2v) is 8.45. The van der Waals surface area contributed by atoms with Crippen molar-refractivity contribution in [2.45, 2.75) is 11.8 Å². The topological polar surface area (TPSA) is 102 Å². The molecule has 1 amide bonds. The average Bonchev–Trinajstić information content (AvgIpc) is 2.75. The van der Waals surface area contributed by atoms with E-state index in [1.54, 1.807) is 19.1 Å². The lowest BCUT2D eigenvalue weighted by molar-refractivity contribution is 0.0600. The standard InChI is InChI=1S/C20H22N2O6S/c1-14-3-4-16(20(24)27-2)13-18(14)21-19(23)15-5-7-17(8-6-15)29(25,26)22-9-11-28-12-10-22/h3-8,13H,9-12H2,1-2H3,(H,21,23). The number of hydrogen-bond acceptors (Lipinski definition) is 6. The molecule has 29 heavy (non-hydrogen) atoms. The molecule has 1 N–H and O–H groups in total. The number of carbonyl (C=O) groups excluding carboxylic acids is 2. The van der Waals surface area contributed by atoms with Crippen LogP contribution in [0.15, 0.2) is 47.4 Å². The van der Waals surface area contributed by atoms with Crippen LogP contribution in [0.3, 0.4) is 0 Å². The maximum Gasteiger partial charge on any atom is 0.337 e. The van der Waals surface area contributed by atoms with Crippen molar-refractivity contribution in [3.05, 3.63) is 59.2 Å². The fourth-order valence-corrected chi connectivity index (χ4v) is 4.32. The summed E-state index contributed by atoms with van der Waals surface area (Å²) < 4.78 is 36.6. The molecule has 9 heteroatoms. The van der Waals surface area contributed by atoms with Gasteiger partial charge in [0, 0.05) is 24.3 Å². The van der Waals surface area contributed by atoms with Crippen LogP contribution in [0.2, 0.25) is 0 Å². The first-order valence-electron chi connectivity index (χ1n) is 9.01. The lowest BCUT2D eigenvalue weighted by Crippen LogP contribution is -2.40. The Labute approximate surface area is 169 Å². The molecule has 0 spiro atoms. The van der Waals surface area contributed by atoms with Gasteiger partial charge in [0.15, 0.2) is 0 Å². The number of ether oxygens (including phenoxy) is 2. The van der Waals surface area contributed by atoms with E-state index in [-0.39, 0.29) is 4.90 Å². The van der Waals surface area contributed by atoms with Crippen molar-refractivity contribution < 1.29 is 27.5 Å². The highest BCUT2D eigenvalue weighted by molar-refractivity contribution is 7.89. The number of hydrogen-bond donors (Lipinski definition) is 1. The number of nitrogens with one attached hydrogen (secondary N) is 1. The molecular formula is C20H22N2O6S. The van der Waals surface area contributed by atoms with Crippen molar-refractivity contribution in [3.8, 4) is 0 Å². The summed E-state index contributed by atoms with van der Waals surface area (Å²) in [5.74, 6) is -0.913. The van der Waals surface area contributed by atoms with E-state index in [9.17, 15) is 18.0 Å². The van der Waals surface area contributed by atoms with Gasteiger partial charge in [-0.05, 0) is 48.9 Å². The second kappa shape index (κ2) is 8.73. The van der Waals surface area contributed by atoms with Crippen molar-refractivity contribution >= 4 is 27.6 Å². The Bertz CT molecular complexity index is 1010. The van der Waals surface area contributed by atoms with Crippen LogP contribution in [-0.4, -0.2) is 58.0 Å². The molecule has 3 rings (SSSR count). The summed E-state index contributed by atoms with van der Waals surface area (Å²) in [4.78, 5) is 24.4. The molecule has 0 radical (unpaired) electrons. The number of rotatable bonds is 5. The minimum Gasteiger partial charge on any atom is -0.465 e. The van der Waals surface area contributed by atoms with Gasteiger partial charge in [0.2, 0.25) is 10.0 Å². The highest BCUT2D eigenvalue weighted by atomic mass is 32.2. The quantitative estimate of drug-likeness (QED) is 0.746. The SMILES string of the molecule is COC(=O)c1ccc(C)c(NC(=O)c2ccc(S(=O)(=O)N3CCOCC3)cc2)c1. The summed E-state index contributed by atoms with van der Waals surface area (Å²) in [6, 6.07) is 10.6. The summed E-state index contributed by atoms with van der Waals surface area (Å²) in [7, 11) is -2.33. The second-order valence-electron chi connectivity index (χ2n) is 6.52. The minimum atomic E-state index is -3.62. The first kappa shape index (κ1) is 21.0. The van der Waals surface area contributed by atoms with Crippen LogP contribution < -0.4 is 5.32 Å². The molecule has 0 aromatic heterocycles. The maximum absolute atomic E-state index is 12.7. The van der Waals surface area contributed by atoms with E-state index < -0.39 is 21.9 Å². The minimum absolute atomic E-state index is 0.125. The average molecular weight is 418 g/mol. The summed E-state index contributed by atoms with van der Waals surface area (Å²) in [5, 5.41) is 2.74. The molecule has 154 valence electrons. The molecule has 0 bridgehead atoms. The Hall–Kier alpha value is -2.75. The Morgan fingerprint density at radius 3 is 2.28 bits per heavy atom. The molecule has 0 unspecified atom stereocenters. The van der Waals surface area contributed by atoms with E-state index in [0.29, 0.717) is 43.1 Å². The zero-order chi connectivity index (χ0) is 21.0. The number of morpholine rings is 1. The van der Waals surface area contributed by atoms with Crippen LogP contribution in [-0.2, 0) is 19.5 Å². The van der Waals surface area contributed by atoms with E-state index in [2.05, 4.69) is 5.32 Å². The van der Waals surface area contributed by atoms with Gasteiger partial charge in [0.05, 0.1) is 30.8 Å². The summed E-state index contributed by atoms with van der Waals surface area (Å²) >= 11 is 0. The van der Waals surface area contributed by atoms with Crippen molar-refractivity contribution in [2.75, 3.05) is 38.7 Å². The van der Waals surface area contributed by atoms with Crippen LogP contribution >= 0.6 is 0 Å². The van der Waals surface area contributed by atoms with Crippen molar-refractivity contribution in [1.29, 1.82) is 0 Å². The molecule has 1 saturated heterocycles. The largest absolute Gasteiger partial charge is 0.465 e. The zero-order valence-electron chi connectivity index (χ0n) is 16.2. The van der Waals surface area contributed by atoms with Gasteiger partial charge in [-0.1, -0.05) is 6.07 Å². The lowest BCUT2D eigenvalue weighted by atomic mass is 10.1. The van der Waals surface area contributed by atoms with Crippen LogP contribution in [0.25, 0.3) is 0 Å². The van der Waals surface area contributed by atoms with Crippen molar-refractivity contribution in [1.82, 2.24) is 4.31 Å². The molecule has 2 aromatic carbocycles. The number of sulfonamides is 1. The zero-order valence-corrected chi connectivity index (χ0v) is 17.0. The van der Waals surface area contributed by atoms with Gasteiger partial charge in [-0.2, -0.15) is 4.31 Å². The Morgan fingerprint density at radius 2 is 1.66 bits per heavy atom. The molecule has 1 heterocycles. The number of aryl methyl sites for hydroxylation is 1. The molecule has 1 aliphatic heterocycles. The Kier molecular flexibility index (Phi) is 6.31. The normalized spacial score (nSPS) is 15.0. The number of nitrogens with zero attached hydrogens (tertiary/aromatic N) is 1. The molecule has 8 nitrogen and oxygen atoms in total. The van der Waals surface area contributed by atoms with Gasteiger partial charge in [-0.3, -0.25) is 4.79 Å². The van der Waals surface area contributed by atoms with Crippen molar-refractivity contribution in [3.63, 3.8) is 0 Å². The van der Waals surface area contributed by atoms with Crippen LogP contribution in [0.4, 0.5) is 5.69 Å². The molecular weight excluding hydrogens is 396 g/mol. The third-order valence-corrected chi connectivity index (χ3v) is 6.54. The van der Waals surface area contributed by atoms with Crippen LogP contribution in [0.1, 0.15) is 26.3 Å². The molecule has 1 aliphatic rings. The number of benzene rings is 2. The highest BCUT2D eigenvalue weighted by Crippen LogP contribution is 2.21.